The van der Waals surface area contributed by atoms with Gasteiger partial charge in [-0.15, -0.1) is 0 Å². The summed E-state index contributed by atoms with van der Waals surface area (Å²) in [6.07, 6.45) is 0. The highest BCUT2D eigenvalue weighted by Crippen LogP contribution is 2.39. The third kappa shape index (κ3) is 3.55. The number of hydrogen-bond donors (Lipinski definition) is 0. The number of carbonyl (C=O) groups excluding carboxylic acids is 1. The first-order valence-corrected chi connectivity index (χ1v) is 7.81. The monoisotopic (exact) mass is 312 g/mol. The van der Waals surface area contributed by atoms with E-state index in [4.69, 9.17) is 9.47 Å². The van der Waals surface area contributed by atoms with Crippen LogP contribution >= 0.6 is 0 Å². The van der Waals surface area contributed by atoms with Gasteiger partial charge in [-0.25, -0.2) is 0 Å². The van der Waals surface area contributed by atoms with E-state index in [9.17, 15) is 4.79 Å². The molecule has 0 radical (unpaired) electrons. The predicted octanol–water partition coefficient (Wildman–Crippen LogP) is 4.58. The van der Waals surface area contributed by atoms with Crippen molar-refractivity contribution >= 4 is 5.97 Å². The lowest BCUT2D eigenvalue weighted by molar-refractivity contribution is -0.131. The summed E-state index contributed by atoms with van der Waals surface area (Å²) in [6, 6.07) is 16.0. The van der Waals surface area contributed by atoms with Crippen molar-refractivity contribution in [3.05, 3.63) is 59.7 Å². The van der Waals surface area contributed by atoms with Gasteiger partial charge >= 0.3 is 5.97 Å². The van der Waals surface area contributed by atoms with Crippen LogP contribution in [0, 0.1) is 5.92 Å². The van der Waals surface area contributed by atoms with Crippen molar-refractivity contribution in [2.45, 2.75) is 33.1 Å². The fraction of sp³-hybridized carbons (Fsp3) is 0.350. The Balaban J connectivity index is 2.41. The zero-order valence-electron chi connectivity index (χ0n) is 14.4. The molecule has 2 rings (SSSR count). The fourth-order valence-electron chi connectivity index (χ4n) is 2.81. The highest BCUT2D eigenvalue weighted by molar-refractivity contribution is 5.69. The molecule has 1 atom stereocenters. The van der Waals surface area contributed by atoms with Crippen molar-refractivity contribution in [3.8, 4) is 11.5 Å². The summed E-state index contributed by atoms with van der Waals surface area (Å²) in [6.45, 7) is 8.07. The number of benzene rings is 2. The lowest BCUT2D eigenvalue weighted by Gasteiger charge is -2.35. The van der Waals surface area contributed by atoms with Gasteiger partial charge in [-0.1, -0.05) is 45.0 Å². The molecular formula is C20H24O3. The highest BCUT2D eigenvalue weighted by Gasteiger charge is 2.32. The fourth-order valence-corrected chi connectivity index (χ4v) is 2.81. The third-order valence-corrected chi connectivity index (χ3v) is 4.56. The van der Waals surface area contributed by atoms with Crippen molar-refractivity contribution in [3.63, 3.8) is 0 Å². The molecule has 2 aromatic rings. The van der Waals surface area contributed by atoms with Gasteiger partial charge in [-0.05, 0) is 41.3 Å². The first-order chi connectivity index (χ1) is 10.9. The van der Waals surface area contributed by atoms with E-state index in [1.165, 1.54) is 18.1 Å². The lowest BCUT2D eigenvalue weighted by atomic mass is 9.68. The lowest BCUT2D eigenvalue weighted by Crippen LogP contribution is -2.30. The van der Waals surface area contributed by atoms with Gasteiger partial charge in [0.25, 0.3) is 0 Å². The topological polar surface area (TPSA) is 35.5 Å². The van der Waals surface area contributed by atoms with E-state index in [1.807, 2.05) is 36.4 Å². The molecule has 0 bridgehead atoms. The minimum atomic E-state index is -0.306. The van der Waals surface area contributed by atoms with Gasteiger partial charge < -0.3 is 9.47 Å². The molecule has 0 amide bonds. The number of ether oxygens (including phenoxy) is 2. The van der Waals surface area contributed by atoms with Crippen LogP contribution in [0.25, 0.3) is 0 Å². The quantitative estimate of drug-likeness (QED) is 0.598. The smallest absolute Gasteiger partial charge is 0.308 e. The maximum absolute atomic E-state index is 11.1. The molecule has 3 nitrogen and oxygen atoms in total. The Morgan fingerprint density at radius 1 is 0.913 bits per heavy atom. The molecule has 0 aliphatic heterocycles. The molecule has 0 heterocycles. The summed E-state index contributed by atoms with van der Waals surface area (Å²) in [5.41, 5.74) is 2.28. The molecule has 0 spiro atoms. The Labute approximate surface area is 138 Å². The number of rotatable bonds is 5. The summed E-state index contributed by atoms with van der Waals surface area (Å²) < 4.78 is 10.4. The second-order valence-electron chi connectivity index (χ2n) is 6.20. The van der Waals surface area contributed by atoms with Crippen molar-refractivity contribution < 1.29 is 14.3 Å². The molecule has 0 aromatic heterocycles. The number of methoxy groups -OCH3 is 1. The van der Waals surface area contributed by atoms with Crippen molar-refractivity contribution in [1.29, 1.82) is 0 Å². The Bertz CT molecular complexity index is 656. The Morgan fingerprint density at radius 3 is 1.70 bits per heavy atom. The van der Waals surface area contributed by atoms with Gasteiger partial charge in [0.15, 0.2) is 0 Å². The van der Waals surface area contributed by atoms with Crippen LogP contribution < -0.4 is 9.47 Å². The maximum atomic E-state index is 11.1. The van der Waals surface area contributed by atoms with Crippen LogP contribution in [0.4, 0.5) is 0 Å². The molecule has 0 fully saturated rings. The molecule has 0 saturated heterocycles. The minimum absolute atomic E-state index is 0.138. The van der Waals surface area contributed by atoms with Gasteiger partial charge in [0.1, 0.15) is 11.5 Å². The SMILES string of the molecule is COc1ccc(C(C)(c2ccc(OC(C)=O)cc2)C(C)C)cc1. The molecule has 1 unspecified atom stereocenters. The third-order valence-electron chi connectivity index (χ3n) is 4.56. The number of carbonyl (C=O) groups is 1. The summed E-state index contributed by atoms with van der Waals surface area (Å²) >= 11 is 0. The van der Waals surface area contributed by atoms with Gasteiger partial charge in [0.2, 0.25) is 0 Å². The van der Waals surface area contributed by atoms with Gasteiger partial charge in [0.05, 0.1) is 7.11 Å². The Hall–Kier alpha value is -2.29. The molecule has 0 N–H and O–H groups in total. The molecule has 0 aliphatic rings. The molecule has 23 heavy (non-hydrogen) atoms. The average Bonchev–Trinajstić information content (AvgIpc) is 2.54. The maximum Gasteiger partial charge on any atom is 0.308 e. The largest absolute Gasteiger partial charge is 0.497 e. The number of hydrogen-bond acceptors (Lipinski definition) is 3. The van der Waals surface area contributed by atoms with Gasteiger partial charge in [0, 0.05) is 12.3 Å². The standard InChI is InChI=1S/C20H24O3/c1-14(2)20(4,16-6-10-18(22-5)11-7-16)17-8-12-19(13-9-17)23-15(3)21/h6-14H,1-5H3. The predicted molar refractivity (Wildman–Crippen MR) is 92.0 cm³/mol. The Kier molecular flexibility index (Phi) is 5.09. The molecule has 122 valence electrons. The van der Waals surface area contributed by atoms with Crippen LogP contribution in [-0.4, -0.2) is 13.1 Å². The van der Waals surface area contributed by atoms with Crippen molar-refractivity contribution in [1.82, 2.24) is 0 Å². The summed E-state index contributed by atoms with van der Waals surface area (Å²) in [5, 5.41) is 0. The second kappa shape index (κ2) is 6.86. The van der Waals surface area contributed by atoms with E-state index in [0.29, 0.717) is 11.7 Å². The summed E-state index contributed by atoms with van der Waals surface area (Å²) in [7, 11) is 1.67. The van der Waals surface area contributed by atoms with E-state index in [-0.39, 0.29) is 11.4 Å². The molecule has 2 aromatic carbocycles. The normalized spacial score (nSPS) is 13.5. The van der Waals surface area contributed by atoms with Crippen LogP contribution in [0.5, 0.6) is 11.5 Å². The number of esters is 1. The van der Waals surface area contributed by atoms with Crippen LogP contribution in [0.3, 0.4) is 0 Å². The summed E-state index contributed by atoms with van der Waals surface area (Å²) in [5.74, 6) is 1.52. The first kappa shape index (κ1) is 17.1. The van der Waals surface area contributed by atoms with Crippen LogP contribution in [0.15, 0.2) is 48.5 Å². The zero-order valence-corrected chi connectivity index (χ0v) is 14.4. The van der Waals surface area contributed by atoms with Crippen molar-refractivity contribution in [2.24, 2.45) is 5.92 Å². The minimum Gasteiger partial charge on any atom is -0.497 e. The van der Waals surface area contributed by atoms with E-state index in [1.54, 1.807) is 7.11 Å². The van der Waals surface area contributed by atoms with Crippen LogP contribution in [0.2, 0.25) is 0 Å². The zero-order chi connectivity index (χ0) is 17.0. The van der Waals surface area contributed by atoms with Crippen LogP contribution in [0.1, 0.15) is 38.8 Å². The summed E-state index contributed by atoms with van der Waals surface area (Å²) in [4.78, 5) is 11.1. The van der Waals surface area contributed by atoms with E-state index >= 15 is 0 Å². The van der Waals surface area contributed by atoms with Crippen molar-refractivity contribution in [2.75, 3.05) is 7.11 Å². The Morgan fingerprint density at radius 2 is 1.35 bits per heavy atom. The van der Waals surface area contributed by atoms with Gasteiger partial charge in [-0.2, -0.15) is 0 Å². The van der Waals surface area contributed by atoms with Crippen LogP contribution in [-0.2, 0) is 10.2 Å². The van der Waals surface area contributed by atoms with E-state index < -0.39 is 0 Å². The molecule has 0 aliphatic carbocycles. The van der Waals surface area contributed by atoms with E-state index in [2.05, 4.69) is 32.9 Å². The second-order valence-corrected chi connectivity index (χ2v) is 6.20. The first-order valence-electron chi connectivity index (χ1n) is 7.81. The molecule has 3 heteroatoms. The highest BCUT2D eigenvalue weighted by atomic mass is 16.5. The average molecular weight is 312 g/mol. The van der Waals surface area contributed by atoms with Gasteiger partial charge in [-0.3, -0.25) is 4.79 Å². The molecule has 0 saturated carbocycles. The van der Waals surface area contributed by atoms with E-state index in [0.717, 1.165) is 5.75 Å². The molecular weight excluding hydrogens is 288 g/mol.